The second kappa shape index (κ2) is 9.09. The molecule has 1 aromatic carbocycles. The van der Waals surface area contributed by atoms with Crippen LogP contribution in [0.25, 0.3) is 17.2 Å². The second-order valence-corrected chi connectivity index (χ2v) is 7.51. The van der Waals surface area contributed by atoms with Crippen molar-refractivity contribution in [3.05, 3.63) is 82.7 Å². The molecule has 6 nitrogen and oxygen atoms in total. The lowest BCUT2D eigenvalue weighted by molar-refractivity contribution is -0.120. The van der Waals surface area contributed by atoms with Crippen LogP contribution in [-0.2, 0) is 11.3 Å². The number of hydrogen-bond acceptors (Lipinski definition) is 4. The summed E-state index contributed by atoms with van der Waals surface area (Å²) >= 11 is 0. The second-order valence-electron chi connectivity index (χ2n) is 7.51. The maximum Gasteiger partial charge on any atom is 0.224 e. The summed E-state index contributed by atoms with van der Waals surface area (Å²) in [4.78, 5) is 20.0. The normalized spacial score (nSPS) is 13.9. The molecule has 0 bridgehead atoms. The van der Waals surface area contributed by atoms with E-state index < -0.39 is 5.82 Å². The first-order valence-electron chi connectivity index (χ1n) is 10.2. The molecule has 164 valence electrons. The SMILES string of the molecule is COc1cc(/C=C2/C(C)=C(CC(=O)NCc3ccc[nH]3)c3cc(F)cnc32)cc(OC)c1. The van der Waals surface area contributed by atoms with Crippen LogP contribution in [0, 0.1) is 5.82 Å². The molecule has 7 heteroatoms. The Hall–Kier alpha value is -3.87. The number of pyridine rings is 1. The Bertz CT molecular complexity index is 1190. The van der Waals surface area contributed by atoms with Gasteiger partial charge < -0.3 is 19.8 Å². The minimum Gasteiger partial charge on any atom is -0.497 e. The number of halogens is 1. The lowest BCUT2D eigenvalue weighted by Crippen LogP contribution is -2.22. The molecule has 0 unspecified atom stereocenters. The summed E-state index contributed by atoms with van der Waals surface area (Å²) in [5.41, 5.74) is 5.53. The molecule has 3 aromatic rings. The lowest BCUT2D eigenvalue weighted by atomic mass is 10.0. The Labute approximate surface area is 185 Å². The predicted octanol–water partition coefficient (Wildman–Crippen LogP) is 4.60. The van der Waals surface area contributed by atoms with E-state index in [4.69, 9.17) is 9.47 Å². The van der Waals surface area contributed by atoms with Crippen LogP contribution in [0.5, 0.6) is 11.5 Å². The van der Waals surface area contributed by atoms with Gasteiger partial charge in [0.15, 0.2) is 0 Å². The molecule has 0 atom stereocenters. The molecule has 1 aliphatic rings. The molecule has 2 N–H and O–H groups in total. The van der Waals surface area contributed by atoms with Gasteiger partial charge in [-0.1, -0.05) is 0 Å². The largest absolute Gasteiger partial charge is 0.497 e. The molecule has 2 aromatic heterocycles. The third-order valence-electron chi connectivity index (χ3n) is 5.45. The molecule has 0 fully saturated rings. The third kappa shape index (κ3) is 4.42. The van der Waals surface area contributed by atoms with E-state index in [0.717, 1.165) is 28.0 Å². The summed E-state index contributed by atoms with van der Waals surface area (Å²) in [5, 5.41) is 2.90. The smallest absolute Gasteiger partial charge is 0.224 e. The highest BCUT2D eigenvalue weighted by Crippen LogP contribution is 2.43. The number of carbonyl (C=O) groups is 1. The molecule has 0 spiro atoms. The van der Waals surface area contributed by atoms with Crippen molar-refractivity contribution in [2.75, 3.05) is 14.2 Å². The fraction of sp³-hybridized carbons (Fsp3) is 0.200. The van der Waals surface area contributed by atoms with E-state index in [1.54, 1.807) is 26.5 Å². The number of methoxy groups -OCH3 is 2. The van der Waals surface area contributed by atoms with Crippen LogP contribution in [0.3, 0.4) is 0 Å². The Morgan fingerprint density at radius 2 is 1.94 bits per heavy atom. The number of hydrogen-bond donors (Lipinski definition) is 2. The number of ether oxygens (including phenoxy) is 2. The third-order valence-corrected chi connectivity index (χ3v) is 5.45. The van der Waals surface area contributed by atoms with E-state index in [1.165, 1.54) is 12.3 Å². The van der Waals surface area contributed by atoms with Crippen LogP contribution in [0.1, 0.15) is 35.9 Å². The topological polar surface area (TPSA) is 76.2 Å². The number of nitrogens with zero attached hydrogens (tertiary/aromatic N) is 1. The van der Waals surface area contributed by atoms with E-state index in [1.807, 2.05) is 37.3 Å². The molecular formula is C25H24FN3O3. The molecule has 0 saturated heterocycles. The van der Waals surface area contributed by atoms with Gasteiger partial charge in [0.25, 0.3) is 0 Å². The van der Waals surface area contributed by atoms with E-state index >= 15 is 0 Å². The van der Waals surface area contributed by atoms with E-state index in [0.29, 0.717) is 29.3 Å². The molecule has 0 saturated carbocycles. The van der Waals surface area contributed by atoms with Crippen LogP contribution in [0.15, 0.2) is 54.4 Å². The first-order chi connectivity index (χ1) is 15.5. The van der Waals surface area contributed by atoms with Crippen LogP contribution in [0.2, 0.25) is 0 Å². The number of nitrogens with one attached hydrogen (secondary N) is 2. The molecular weight excluding hydrogens is 409 g/mol. The van der Waals surface area contributed by atoms with Crippen molar-refractivity contribution in [3.8, 4) is 11.5 Å². The van der Waals surface area contributed by atoms with Gasteiger partial charge in [-0.25, -0.2) is 4.39 Å². The minimum atomic E-state index is -0.440. The number of amides is 1. The number of aromatic nitrogens is 2. The Morgan fingerprint density at radius 1 is 1.19 bits per heavy atom. The number of allylic oxidation sites excluding steroid dienone is 2. The quantitative estimate of drug-likeness (QED) is 0.571. The van der Waals surface area contributed by atoms with Gasteiger partial charge in [0.1, 0.15) is 17.3 Å². The molecule has 1 aliphatic carbocycles. The van der Waals surface area contributed by atoms with Gasteiger partial charge >= 0.3 is 0 Å². The average molecular weight is 433 g/mol. The lowest BCUT2D eigenvalue weighted by Gasteiger charge is -2.08. The van der Waals surface area contributed by atoms with Gasteiger partial charge in [0.2, 0.25) is 5.91 Å². The van der Waals surface area contributed by atoms with Gasteiger partial charge in [-0.15, -0.1) is 0 Å². The molecule has 0 radical (unpaired) electrons. The Morgan fingerprint density at radius 3 is 2.59 bits per heavy atom. The van der Waals surface area contributed by atoms with Crippen molar-refractivity contribution in [1.82, 2.24) is 15.3 Å². The number of rotatable bonds is 7. The fourth-order valence-electron chi connectivity index (χ4n) is 3.80. The van der Waals surface area contributed by atoms with Crippen molar-refractivity contribution in [2.45, 2.75) is 19.9 Å². The maximum atomic E-state index is 14.0. The fourth-order valence-corrected chi connectivity index (χ4v) is 3.80. The van der Waals surface area contributed by atoms with Gasteiger partial charge in [0.05, 0.1) is 39.1 Å². The number of aromatic amines is 1. The Kier molecular flexibility index (Phi) is 6.07. The first-order valence-corrected chi connectivity index (χ1v) is 10.2. The summed E-state index contributed by atoms with van der Waals surface area (Å²) in [6.45, 7) is 2.33. The monoisotopic (exact) mass is 433 g/mol. The van der Waals surface area contributed by atoms with Crippen molar-refractivity contribution >= 4 is 23.1 Å². The summed E-state index contributed by atoms with van der Waals surface area (Å²) in [6.07, 6.45) is 5.08. The van der Waals surface area contributed by atoms with Gasteiger partial charge in [-0.3, -0.25) is 9.78 Å². The molecule has 0 aliphatic heterocycles. The zero-order valence-corrected chi connectivity index (χ0v) is 18.2. The van der Waals surface area contributed by atoms with E-state index in [9.17, 15) is 9.18 Å². The minimum absolute atomic E-state index is 0.128. The number of carbonyl (C=O) groups excluding carboxylic acids is 1. The van der Waals surface area contributed by atoms with Gasteiger partial charge in [-0.2, -0.15) is 0 Å². The highest BCUT2D eigenvalue weighted by molar-refractivity contribution is 6.07. The van der Waals surface area contributed by atoms with Crippen LogP contribution >= 0.6 is 0 Å². The van der Waals surface area contributed by atoms with Crippen molar-refractivity contribution in [3.63, 3.8) is 0 Å². The van der Waals surface area contributed by atoms with E-state index in [-0.39, 0.29) is 12.3 Å². The van der Waals surface area contributed by atoms with Gasteiger partial charge in [-0.05, 0) is 60.0 Å². The predicted molar refractivity (Wildman–Crippen MR) is 121 cm³/mol. The standard InChI is InChI=1S/C25H24FN3O3/c1-15-21(12-24(30)28-14-18-5-4-6-27-18)23-10-17(26)13-29-25(23)22(15)9-16-7-19(31-2)11-20(8-16)32-3/h4-11,13,27H,12,14H2,1-3H3,(H,28,30)/b22-9-. The molecule has 1 amide bonds. The summed E-state index contributed by atoms with van der Waals surface area (Å²) < 4.78 is 24.8. The zero-order valence-electron chi connectivity index (χ0n) is 18.2. The number of H-pyrrole nitrogens is 1. The average Bonchev–Trinajstić information content (AvgIpc) is 3.40. The highest BCUT2D eigenvalue weighted by atomic mass is 19.1. The van der Waals surface area contributed by atoms with Crippen molar-refractivity contribution < 1.29 is 18.7 Å². The van der Waals surface area contributed by atoms with Crippen LogP contribution < -0.4 is 14.8 Å². The summed E-state index contributed by atoms with van der Waals surface area (Å²) in [6, 6.07) is 10.8. The summed E-state index contributed by atoms with van der Waals surface area (Å²) in [5.74, 6) is 0.734. The molecule has 4 rings (SSSR count). The zero-order chi connectivity index (χ0) is 22.7. The first kappa shape index (κ1) is 21.4. The number of fused-ring (bicyclic) bond motifs is 1. The van der Waals surface area contributed by atoms with Crippen LogP contribution in [0.4, 0.5) is 4.39 Å². The maximum absolute atomic E-state index is 14.0. The Balaban J connectivity index is 1.68. The molecule has 2 heterocycles. The van der Waals surface area contributed by atoms with Crippen molar-refractivity contribution in [1.29, 1.82) is 0 Å². The highest BCUT2D eigenvalue weighted by Gasteiger charge is 2.27. The molecule has 32 heavy (non-hydrogen) atoms. The van der Waals surface area contributed by atoms with Crippen molar-refractivity contribution in [2.24, 2.45) is 0 Å². The van der Waals surface area contributed by atoms with Crippen LogP contribution in [-0.4, -0.2) is 30.1 Å². The number of benzene rings is 1. The van der Waals surface area contributed by atoms with Gasteiger partial charge in [0, 0.05) is 29.1 Å². The summed E-state index contributed by atoms with van der Waals surface area (Å²) in [7, 11) is 3.19. The van der Waals surface area contributed by atoms with E-state index in [2.05, 4.69) is 15.3 Å².